The number of amides is 4. The molecular weight excluding hydrogens is 526 g/mol. The fraction of sp³-hybridized carbons (Fsp3) is 0.846. The van der Waals surface area contributed by atoms with E-state index in [1.165, 1.54) is 0 Å². The van der Waals surface area contributed by atoms with E-state index in [0.717, 1.165) is 25.0 Å². The molecule has 224 valence electrons. The van der Waals surface area contributed by atoms with Crippen molar-refractivity contribution in [1.29, 1.82) is 0 Å². The Labute approximate surface area is 236 Å². The molecule has 12 nitrogen and oxygen atoms in total. The largest absolute Gasteiger partial charge is 0.379 e. The number of ether oxygens (including phenoxy) is 4. The lowest BCUT2D eigenvalue weighted by Gasteiger charge is -2.23. The minimum Gasteiger partial charge on any atom is -0.379 e. The number of hydrogen-bond acceptors (Lipinski definition) is 9. The highest BCUT2D eigenvalue weighted by atomic mass is 32.2. The van der Waals surface area contributed by atoms with Crippen molar-refractivity contribution >= 4 is 36.3 Å². The number of carbonyl (C=O) groups is 3. The van der Waals surface area contributed by atoms with Crippen LogP contribution in [0.2, 0.25) is 0 Å². The lowest BCUT2D eigenvalue weighted by Crippen LogP contribution is -2.48. The monoisotopic (exact) mass is 573 g/mol. The molecule has 13 heteroatoms. The first-order valence-corrected chi connectivity index (χ1v) is 14.9. The summed E-state index contributed by atoms with van der Waals surface area (Å²) in [6, 6.07) is -0.227. The van der Waals surface area contributed by atoms with Crippen LogP contribution in [0.1, 0.15) is 46.0 Å². The number of hydrogen-bond donors (Lipinski definition) is 4. The molecule has 0 aliphatic carbocycles. The molecule has 2 saturated heterocycles. The van der Waals surface area contributed by atoms with Crippen LogP contribution in [0.3, 0.4) is 0 Å². The average molecular weight is 574 g/mol. The number of carbonyl (C=O) groups excluding carboxylic acids is 3. The second-order valence-electron chi connectivity index (χ2n) is 10.0. The van der Waals surface area contributed by atoms with Crippen molar-refractivity contribution in [3.8, 4) is 0 Å². The smallest absolute Gasteiger partial charge is 0.317 e. The Morgan fingerprint density at radius 3 is 2.23 bits per heavy atom. The molecule has 2 heterocycles. The van der Waals surface area contributed by atoms with Gasteiger partial charge in [-0.25, -0.2) is 4.79 Å². The SMILES string of the molecule is C=N[C@]12CS[C@@H](CCCCC(=O)NCCOCCOCCOCCOCCC(=O)NCC(C)C)[C@H]1NC(=O)N2. The molecule has 2 fully saturated rings. The highest BCUT2D eigenvalue weighted by Gasteiger charge is 2.54. The van der Waals surface area contributed by atoms with E-state index in [1.807, 2.05) is 0 Å². The minimum atomic E-state index is -0.590. The quantitative estimate of drug-likeness (QED) is 0.0807. The van der Waals surface area contributed by atoms with Gasteiger partial charge >= 0.3 is 6.03 Å². The van der Waals surface area contributed by atoms with E-state index < -0.39 is 5.66 Å². The van der Waals surface area contributed by atoms with Gasteiger partial charge in [-0.3, -0.25) is 14.6 Å². The standard InChI is InChI=1S/C26H47N5O7S/c1-20(2)18-29-23(33)8-10-35-12-14-37-16-17-38-15-13-36-11-9-28-22(32)7-5-4-6-21-24-26(27-3,19-39-21)31-25(34)30-24/h20-21,24H,3-19H2,1-2H3,(H,28,32)(H,29,33)(H2,30,31,34)/t21-,24+,26-/m0/s1. The average Bonchev–Trinajstić information content (AvgIpc) is 3.42. The zero-order chi connectivity index (χ0) is 28.3. The number of nitrogens with zero attached hydrogens (tertiary/aromatic N) is 1. The van der Waals surface area contributed by atoms with Crippen molar-refractivity contribution in [3.05, 3.63) is 0 Å². The summed E-state index contributed by atoms with van der Waals surface area (Å²) in [5.74, 6) is 1.19. The van der Waals surface area contributed by atoms with Crippen LogP contribution < -0.4 is 21.3 Å². The normalized spacial score (nSPS) is 21.9. The molecule has 0 aromatic rings. The number of thioether (sulfide) groups is 1. The molecule has 2 aliphatic heterocycles. The van der Waals surface area contributed by atoms with E-state index in [-0.39, 0.29) is 29.1 Å². The highest BCUT2D eigenvalue weighted by Crippen LogP contribution is 2.40. The summed E-state index contributed by atoms with van der Waals surface area (Å²) in [4.78, 5) is 39.4. The first-order valence-electron chi connectivity index (χ1n) is 13.9. The Hall–Kier alpha value is -1.93. The molecule has 0 bridgehead atoms. The number of aliphatic imine (C=N–C) groups is 1. The molecule has 0 unspecified atom stereocenters. The van der Waals surface area contributed by atoms with E-state index >= 15 is 0 Å². The third-order valence-corrected chi connectivity index (χ3v) is 7.85. The fourth-order valence-electron chi connectivity index (χ4n) is 4.18. The Balaban J connectivity index is 1.30. The number of rotatable bonds is 23. The van der Waals surface area contributed by atoms with E-state index in [0.29, 0.717) is 84.7 Å². The van der Waals surface area contributed by atoms with Gasteiger partial charge in [-0.2, -0.15) is 11.8 Å². The van der Waals surface area contributed by atoms with Gasteiger partial charge in [0.1, 0.15) is 0 Å². The van der Waals surface area contributed by atoms with Crippen molar-refractivity contribution in [2.45, 2.75) is 62.9 Å². The van der Waals surface area contributed by atoms with E-state index in [9.17, 15) is 14.4 Å². The molecule has 4 amide bonds. The first kappa shape index (κ1) is 33.3. The Morgan fingerprint density at radius 1 is 0.974 bits per heavy atom. The molecule has 2 aliphatic rings. The number of unbranched alkanes of at least 4 members (excludes halogenated alkanes) is 1. The van der Waals surface area contributed by atoms with Crippen LogP contribution in [0.25, 0.3) is 0 Å². The van der Waals surface area contributed by atoms with Gasteiger partial charge < -0.3 is 40.2 Å². The zero-order valence-corrected chi connectivity index (χ0v) is 24.3. The van der Waals surface area contributed by atoms with Crippen LogP contribution in [0.15, 0.2) is 4.99 Å². The Bertz CT molecular complexity index is 760. The predicted octanol–water partition coefficient (Wildman–Crippen LogP) is 1.09. The Kier molecular flexibility index (Phi) is 16.4. The summed E-state index contributed by atoms with van der Waals surface area (Å²) in [5, 5.41) is 11.8. The maximum Gasteiger partial charge on any atom is 0.317 e. The maximum atomic E-state index is 12.0. The lowest BCUT2D eigenvalue weighted by molar-refractivity contribution is -0.122. The fourth-order valence-corrected chi connectivity index (χ4v) is 5.81. The van der Waals surface area contributed by atoms with Crippen LogP contribution >= 0.6 is 11.8 Å². The first-order chi connectivity index (χ1) is 18.9. The van der Waals surface area contributed by atoms with E-state index in [4.69, 9.17) is 18.9 Å². The topological polar surface area (TPSA) is 149 Å². The van der Waals surface area contributed by atoms with Crippen molar-refractivity contribution < 1.29 is 33.3 Å². The minimum absolute atomic E-state index is 0.00607. The molecule has 0 radical (unpaired) electrons. The van der Waals surface area contributed by atoms with Gasteiger partial charge in [-0.1, -0.05) is 20.3 Å². The van der Waals surface area contributed by atoms with Crippen LogP contribution in [0.5, 0.6) is 0 Å². The lowest BCUT2D eigenvalue weighted by atomic mass is 9.98. The summed E-state index contributed by atoms with van der Waals surface area (Å²) in [6.45, 7) is 12.5. The van der Waals surface area contributed by atoms with Crippen molar-refractivity contribution in [3.63, 3.8) is 0 Å². The summed E-state index contributed by atoms with van der Waals surface area (Å²) >= 11 is 1.79. The summed E-state index contributed by atoms with van der Waals surface area (Å²) < 4.78 is 21.7. The van der Waals surface area contributed by atoms with Gasteiger partial charge in [0.2, 0.25) is 11.8 Å². The van der Waals surface area contributed by atoms with Gasteiger partial charge in [0.25, 0.3) is 0 Å². The van der Waals surface area contributed by atoms with Crippen LogP contribution in [0, 0.1) is 5.92 Å². The third kappa shape index (κ3) is 13.3. The zero-order valence-electron chi connectivity index (χ0n) is 23.5. The van der Waals surface area contributed by atoms with Crippen LogP contribution in [-0.4, -0.2) is 113 Å². The second kappa shape index (κ2) is 19.2. The van der Waals surface area contributed by atoms with Crippen molar-refractivity contribution in [1.82, 2.24) is 21.3 Å². The molecule has 4 N–H and O–H groups in total. The van der Waals surface area contributed by atoms with Gasteiger partial charge in [0, 0.05) is 36.9 Å². The molecule has 39 heavy (non-hydrogen) atoms. The predicted molar refractivity (Wildman–Crippen MR) is 151 cm³/mol. The van der Waals surface area contributed by atoms with Gasteiger partial charge in [0.15, 0.2) is 5.66 Å². The molecule has 2 rings (SSSR count). The Morgan fingerprint density at radius 2 is 1.59 bits per heavy atom. The maximum absolute atomic E-state index is 12.0. The second-order valence-corrected chi connectivity index (χ2v) is 11.2. The molecule has 0 saturated carbocycles. The summed E-state index contributed by atoms with van der Waals surface area (Å²) in [7, 11) is 0. The molecule has 0 aromatic carbocycles. The van der Waals surface area contributed by atoms with E-state index in [1.54, 1.807) is 11.8 Å². The highest BCUT2D eigenvalue weighted by molar-refractivity contribution is 8.00. The van der Waals surface area contributed by atoms with E-state index in [2.05, 4.69) is 46.8 Å². The van der Waals surface area contributed by atoms with Crippen LogP contribution in [-0.2, 0) is 28.5 Å². The van der Waals surface area contributed by atoms with Crippen molar-refractivity contribution in [2.75, 3.05) is 71.7 Å². The number of urea groups is 1. The molecule has 3 atom stereocenters. The summed E-state index contributed by atoms with van der Waals surface area (Å²) in [6.07, 6.45) is 3.45. The molecule has 0 spiro atoms. The third-order valence-electron chi connectivity index (χ3n) is 6.31. The van der Waals surface area contributed by atoms with Gasteiger partial charge in [-0.15, -0.1) is 0 Å². The van der Waals surface area contributed by atoms with Crippen molar-refractivity contribution in [2.24, 2.45) is 10.9 Å². The van der Waals surface area contributed by atoms with Gasteiger partial charge in [0.05, 0.1) is 58.9 Å². The summed E-state index contributed by atoms with van der Waals surface area (Å²) in [5.41, 5.74) is -0.590. The van der Waals surface area contributed by atoms with Gasteiger partial charge in [-0.05, 0) is 25.5 Å². The van der Waals surface area contributed by atoms with Crippen LogP contribution in [0.4, 0.5) is 4.79 Å². The molecule has 0 aromatic heterocycles. The molecular formula is C26H47N5O7S. The number of fused-ring (bicyclic) bond motifs is 1. The number of nitrogens with one attached hydrogen (secondary N) is 4.